The highest BCUT2D eigenvalue weighted by Crippen LogP contribution is 2.15. The number of hydrogen-bond donors (Lipinski definition) is 2. The van der Waals surface area contributed by atoms with Crippen LogP contribution in [0.3, 0.4) is 0 Å². The van der Waals surface area contributed by atoms with Crippen molar-refractivity contribution in [2.45, 2.75) is 12.3 Å². The van der Waals surface area contributed by atoms with Crippen molar-refractivity contribution in [2.24, 2.45) is 0 Å². The molecule has 0 bridgehead atoms. The normalized spacial score (nSPS) is 17.1. The SMILES string of the molecule is [2H]C([2H])([2H])N(Cc1ccc(CSCCN/C(=C/[N+](=O)[O-])NC)o1)C([2H])([2H])[2H]. The first-order valence-corrected chi connectivity index (χ1v) is 7.29. The lowest BCUT2D eigenvalue weighted by Gasteiger charge is -2.07. The molecule has 1 heterocycles. The van der Waals surface area contributed by atoms with Gasteiger partial charge in [-0.3, -0.25) is 10.1 Å². The topological polar surface area (TPSA) is 83.6 Å². The van der Waals surface area contributed by atoms with Gasteiger partial charge in [0, 0.05) is 27.6 Å². The maximum atomic E-state index is 10.4. The monoisotopic (exact) mass is 320 g/mol. The number of furan rings is 1. The predicted octanol–water partition coefficient (Wildman–Crippen LogP) is 1.46. The standard InChI is InChI=1S/C13H22N4O3S/c1-14-13(9-17(18)19)15-6-7-21-10-12-5-4-11(20-12)8-16(2)3/h4-5,9,14-15H,6-8,10H2,1-3H3/b13-9+/i2D3,3D3. The molecule has 8 heteroatoms. The minimum absolute atomic E-state index is 0.252. The van der Waals surface area contributed by atoms with Crippen LogP contribution < -0.4 is 10.6 Å². The lowest BCUT2D eigenvalue weighted by atomic mass is 10.4. The third-order valence-corrected chi connectivity index (χ3v) is 3.32. The van der Waals surface area contributed by atoms with Gasteiger partial charge in [0.15, 0.2) is 5.82 Å². The van der Waals surface area contributed by atoms with E-state index in [4.69, 9.17) is 12.6 Å². The Morgan fingerprint density at radius 3 is 3.00 bits per heavy atom. The number of nitrogens with zero attached hydrogens (tertiary/aromatic N) is 2. The Kier molecular flexibility index (Phi) is 4.48. The number of thioether (sulfide) groups is 1. The molecule has 0 spiro atoms. The van der Waals surface area contributed by atoms with E-state index in [0.29, 0.717) is 34.5 Å². The van der Waals surface area contributed by atoms with Crippen LogP contribution in [0, 0.1) is 10.1 Å². The largest absolute Gasteiger partial charge is 0.464 e. The minimum atomic E-state index is -2.76. The lowest BCUT2D eigenvalue weighted by Crippen LogP contribution is -2.26. The maximum Gasteiger partial charge on any atom is 0.274 e. The van der Waals surface area contributed by atoms with Crippen molar-refractivity contribution in [1.29, 1.82) is 0 Å². The van der Waals surface area contributed by atoms with E-state index in [0.717, 1.165) is 6.20 Å². The minimum Gasteiger partial charge on any atom is -0.464 e. The van der Waals surface area contributed by atoms with Crippen LogP contribution in [-0.4, -0.2) is 43.1 Å². The molecular formula is C13H22N4O3S. The third-order valence-electron chi connectivity index (χ3n) is 2.34. The second kappa shape index (κ2) is 9.30. The van der Waals surface area contributed by atoms with Crippen molar-refractivity contribution >= 4 is 11.8 Å². The van der Waals surface area contributed by atoms with Gasteiger partial charge in [0.1, 0.15) is 11.5 Å². The van der Waals surface area contributed by atoms with Crippen LogP contribution in [-0.2, 0) is 12.3 Å². The van der Waals surface area contributed by atoms with E-state index in [2.05, 4.69) is 10.6 Å². The molecule has 118 valence electrons. The van der Waals surface area contributed by atoms with Gasteiger partial charge in [-0.05, 0) is 26.1 Å². The quantitative estimate of drug-likeness (QED) is 0.383. The fourth-order valence-electron chi connectivity index (χ4n) is 1.48. The zero-order chi connectivity index (χ0) is 20.7. The van der Waals surface area contributed by atoms with Gasteiger partial charge in [-0.1, -0.05) is 0 Å². The Hall–Kier alpha value is -1.67. The Labute approximate surface area is 137 Å². The number of nitrogens with one attached hydrogen (secondary N) is 2. The highest BCUT2D eigenvalue weighted by atomic mass is 32.2. The summed E-state index contributed by atoms with van der Waals surface area (Å²) in [7, 11) is 1.57. The second-order valence-electron chi connectivity index (χ2n) is 4.01. The maximum absolute atomic E-state index is 10.4. The molecule has 0 saturated carbocycles. The van der Waals surface area contributed by atoms with Crippen LogP contribution in [0.5, 0.6) is 0 Å². The third kappa shape index (κ3) is 7.62. The smallest absolute Gasteiger partial charge is 0.274 e. The highest BCUT2D eigenvalue weighted by Gasteiger charge is 2.04. The van der Waals surface area contributed by atoms with E-state index in [1.165, 1.54) is 11.8 Å². The first-order chi connectivity index (χ1) is 12.4. The Bertz CT molecular complexity index is 633. The van der Waals surface area contributed by atoms with E-state index in [9.17, 15) is 10.1 Å². The van der Waals surface area contributed by atoms with Crippen molar-refractivity contribution in [2.75, 3.05) is 33.3 Å². The summed E-state index contributed by atoms with van der Waals surface area (Å²) in [5.74, 6) is 2.28. The van der Waals surface area contributed by atoms with Crippen molar-refractivity contribution in [3.63, 3.8) is 0 Å². The van der Waals surface area contributed by atoms with E-state index in [1.807, 2.05) is 0 Å². The van der Waals surface area contributed by atoms with E-state index >= 15 is 0 Å². The molecule has 0 aromatic carbocycles. The van der Waals surface area contributed by atoms with Gasteiger partial charge in [-0.25, -0.2) is 0 Å². The lowest BCUT2D eigenvalue weighted by molar-refractivity contribution is -0.404. The Morgan fingerprint density at radius 1 is 1.57 bits per heavy atom. The van der Waals surface area contributed by atoms with Gasteiger partial charge in [0.2, 0.25) is 0 Å². The molecule has 0 aliphatic heterocycles. The van der Waals surface area contributed by atoms with Crippen LogP contribution in [0.1, 0.15) is 19.7 Å². The molecule has 0 aliphatic rings. The summed E-state index contributed by atoms with van der Waals surface area (Å²) in [6.45, 7) is -5.39. The van der Waals surface area contributed by atoms with E-state index in [1.54, 1.807) is 19.2 Å². The molecule has 1 aromatic heterocycles. The Balaban J connectivity index is 2.48. The number of nitro groups is 1. The van der Waals surface area contributed by atoms with Gasteiger partial charge in [-0.15, -0.1) is 0 Å². The average molecular weight is 320 g/mol. The number of hydrogen-bond acceptors (Lipinski definition) is 7. The van der Waals surface area contributed by atoms with Crippen LogP contribution in [0.15, 0.2) is 28.6 Å². The van der Waals surface area contributed by atoms with Crippen molar-refractivity contribution < 1.29 is 17.6 Å². The summed E-state index contributed by atoms with van der Waals surface area (Å²) in [5.41, 5.74) is 0. The van der Waals surface area contributed by atoms with Gasteiger partial charge < -0.3 is 20.0 Å². The van der Waals surface area contributed by atoms with Crippen LogP contribution in [0.25, 0.3) is 0 Å². The van der Waals surface area contributed by atoms with Crippen molar-refractivity contribution in [3.05, 3.63) is 45.8 Å². The van der Waals surface area contributed by atoms with Crippen LogP contribution in [0.2, 0.25) is 0 Å². The molecule has 0 atom stereocenters. The van der Waals surface area contributed by atoms with Crippen LogP contribution >= 0.6 is 11.8 Å². The molecule has 0 fully saturated rings. The molecule has 0 amide bonds. The van der Waals surface area contributed by atoms with E-state index < -0.39 is 18.9 Å². The van der Waals surface area contributed by atoms with Gasteiger partial charge in [-0.2, -0.15) is 11.8 Å². The average Bonchev–Trinajstić information content (AvgIpc) is 2.96. The summed E-state index contributed by atoms with van der Waals surface area (Å²) in [4.78, 5) is 10.3. The van der Waals surface area contributed by atoms with Crippen LogP contribution in [0.4, 0.5) is 0 Å². The number of rotatable bonds is 10. The fraction of sp³-hybridized carbons (Fsp3) is 0.538. The van der Waals surface area contributed by atoms with Gasteiger partial charge in [0.05, 0.1) is 17.2 Å². The summed E-state index contributed by atoms with van der Waals surface area (Å²) in [6, 6.07) is 3.22. The second-order valence-corrected chi connectivity index (χ2v) is 5.12. The van der Waals surface area contributed by atoms with Crippen molar-refractivity contribution in [3.8, 4) is 0 Å². The molecular weight excluding hydrogens is 292 g/mol. The first-order valence-electron chi connectivity index (χ1n) is 9.13. The molecule has 7 nitrogen and oxygen atoms in total. The fourth-order valence-corrected chi connectivity index (χ4v) is 2.22. The van der Waals surface area contributed by atoms with Crippen molar-refractivity contribution in [1.82, 2.24) is 15.5 Å². The Morgan fingerprint density at radius 2 is 2.33 bits per heavy atom. The van der Waals surface area contributed by atoms with E-state index in [-0.39, 0.29) is 12.3 Å². The predicted molar refractivity (Wildman–Crippen MR) is 84.4 cm³/mol. The summed E-state index contributed by atoms with van der Waals surface area (Å²) < 4.78 is 49.6. The summed E-state index contributed by atoms with van der Waals surface area (Å²) in [5, 5.41) is 16.0. The van der Waals surface area contributed by atoms with Gasteiger partial charge in [0.25, 0.3) is 6.20 Å². The first kappa shape index (κ1) is 10.1. The summed E-state index contributed by atoms with van der Waals surface area (Å²) in [6.07, 6.45) is 0.838. The molecule has 0 unspecified atom stereocenters. The highest BCUT2D eigenvalue weighted by molar-refractivity contribution is 7.98. The molecule has 1 rings (SSSR count). The molecule has 21 heavy (non-hydrogen) atoms. The molecule has 0 saturated heterocycles. The zero-order valence-electron chi connectivity index (χ0n) is 17.6. The van der Waals surface area contributed by atoms with Gasteiger partial charge >= 0.3 is 0 Å². The molecule has 2 N–H and O–H groups in total. The molecule has 0 aliphatic carbocycles. The zero-order valence-corrected chi connectivity index (χ0v) is 12.4. The molecule has 0 radical (unpaired) electrons. The summed E-state index contributed by atoms with van der Waals surface area (Å²) >= 11 is 1.50. The molecule has 1 aromatic rings.